The van der Waals surface area contributed by atoms with Crippen molar-refractivity contribution in [2.45, 2.75) is 47.9 Å². The molecule has 0 saturated carbocycles. The number of hydrogen-bond donors (Lipinski definition) is 0. The number of anilines is 2. The van der Waals surface area contributed by atoms with E-state index < -0.39 is 5.41 Å². The van der Waals surface area contributed by atoms with Crippen molar-refractivity contribution in [3.8, 4) is 0 Å². The monoisotopic (exact) mass is 603 g/mol. The summed E-state index contributed by atoms with van der Waals surface area (Å²) >= 11 is 1.87. The fourth-order valence-corrected chi connectivity index (χ4v) is 6.14. The van der Waals surface area contributed by atoms with Crippen molar-refractivity contribution in [2.24, 2.45) is 0 Å². The quantitative estimate of drug-likeness (QED) is 0.275. The van der Waals surface area contributed by atoms with Crippen LogP contribution in [-0.4, -0.2) is 69.2 Å². The van der Waals surface area contributed by atoms with Gasteiger partial charge in [-0.2, -0.15) is 0 Å². The van der Waals surface area contributed by atoms with Gasteiger partial charge in [-0.1, -0.05) is 66.4 Å². The predicted molar refractivity (Wildman–Crippen MR) is 173 cm³/mol. The third-order valence-corrected chi connectivity index (χ3v) is 8.82. The third-order valence-electron chi connectivity index (χ3n) is 7.69. The zero-order valence-corrected chi connectivity index (χ0v) is 26.7. The number of carbonyl (C=O) groups is 1. The molecule has 2 aliphatic rings. The summed E-state index contributed by atoms with van der Waals surface area (Å²) in [7, 11) is 6.38. The summed E-state index contributed by atoms with van der Waals surface area (Å²) < 4.78 is 5.32. The zero-order valence-electron chi connectivity index (χ0n) is 24.2. The van der Waals surface area contributed by atoms with E-state index in [4.69, 9.17) is 4.74 Å². The highest BCUT2D eigenvalue weighted by atomic mass is 35.5. The van der Waals surface area contributed by atoms with Gasteiger partial charge < -0.3 is 19.4 Å². The van der Waals surface area contributed by atoms with Crippen LogP contribution in [0, 0.1) is 0 Å². The molecular weight excluding hydrogens is 561 g/mol. The maximum absolute atomic E-state index is 12.4. The molecule has 1 fully saturated rings. The van der Waals surface area contributed by atoms with E-state index in [1.807, 2.05) is 49.0 Å². The normalized spacial score (nSPS) is 16.2. The molecule has 0 radical (unpaired) electrons. The maximum atomic E-state index is 12.4. The van der Waals surface area contributed by atoms with Gasteiger partial charge in [0.1, 0.15) is 0 Å². The van der Waals surface area contributed by atoms with E-state index in [9.17, 15) is 4.79 Å². The molecule has 3 aromatic carbocycles. The van der Waals surface area contributed by atoms with Gasteiger partial charge in [-0.15, -0.1) is 24.8 Å². The van der Waals surface area contributed by atoms with Gasteiger partial charge in [0.15, 0.2) is 0 Å². The van der Waals surface area contributed by atoms with Gasteiger partial charge in [-0.3, -0.25) is 4.79 Å². The lowest BCUT2D eigenvalue weighted by atomic mass is 9.73. The number of likely N-dealkylation sites (tertiary alicyclic amines) is 1. The van der Waals surface area contributed by atoms with Gasteiger partial charge in [0.05, 0.1) is 23.4 Å². The van der Waals surface area contributed by atoms with Crippen LogP contribution in [0.25, 0.3) is 0 Å². The van der Waals surface area contributed by atoms with Crippen molar-refractivity contribution in [2.75, 3.05) is 52.3 Å². The summed E-state index contributed by atoms with van der Waals surface area (Å²) in [5, 5.41) is 0. The van der Waals surface area contributed by atoms with Crippen molar-refractivity contribution in [3.05, 3.63) is 84.4 Å². The van der Waals surface area contributed by atoms with E-state index in [-0.39, 0.29) is 30.8 Å². The van der Waals surface area contributed by atoms with Crippen molar-refractivity contribution < 1.29 is 9.53 Å². The van der Waals surface area contributed by atoms with Gasteiger partial charge in [0.2, 0.25) is 0 Å². The van der Waals surface area contributed by atoms with Crippen LogP contribution in [-0.2, 0) is 14.9 Å². The molecule has 1 saturated heterocycles. The Morgan fingerprint density at radius 2 is 1.40 bits per heavy atom. The number of likely N-dealkylation sites (N-methyl/N-ethyl adjacent to an activating group) is 1. The van der Waals surface area contributed by atoms with E-state index in [0.29, 0.717) is 12.6 Å². The third kappa shape index (κ3) is 7.74. The number of piperidine rings is 1. The Labute approximate surface area is 257 Å². The average molecular weight is 605 g/mol. The van der Waals surface area contributed by atoms with Crippen molar-refractivity contribution in [1.29, 1.82) is 0 Å². The Morgan fingerprint density at radius 3 is 1.90 bits per heavy atom. The SMILES string of the molecule is CC(CN1c2ccccc2Sc2ccccc21)N(C)C.CCOC(=O)C1(c2ccccc2)CCN(C)CC1.Cl.Cl. The zero-order chi connectivity index (χ0) is 27.1. The fraction of sp³-hybridized carbons (Fsp3) is 0.406. The molecule has 2 aliphatic heterocycles. The molecule has 3 aromatic rings. The first-order valence-electron chi connectivity index (χ1n) is 13.6. The molecule has 0 bridgehead atoms. The van der Waals surface area contributed by atoms with Crippen LogP contribution in [0.4, 0.5) is 11.4 Å². The Morgan fingerprint density at radius 1 is 0.900 bits per heavy atom. The molecule has 0 N–H and O–H groups in total. The van der Waals surface area contributed by atoms with Crippen LogP contribution in [0.5, 0.6) is 0 Å². The van der Waals surface area contributed by atoms with E-state index in [0.717, 1.165) is 38.0 Å². The van der Waals surface area contributed by atoms with Gasteiger partial charge in [0.25, 0.3) is 0 Å². The molecule has 5 nitrogen and oxygen atoms in total. The second kappa shape index (κ2) is 15.7. The van der Waals surface area contributed by atoms with Gasteiger partial charge in [0, 0.05) is 22.4 Å². The van der Waals surface area contributed by atoms with Crippen LogP contribution in [0.1, 0.15) is 32.3 Å². The highest BCUT2D eigenvalue weighted by Crippen LogP contribution is 2.47. The number of benzene rings is 3. The first-order valence-corrected chi connectivity index (χ1v) is 14.4. The lowest BCUT2D eigenvalue weighted by molar-refractivity contribution is -0.152. The van der Waals surface area contributed by atoms with Crippen molar-refractivity contribution in [1.82, 2.24) is 9.80 Å². The molecule has 218 valence electrons. The minimum absolute atomic E-state index is 0. The summed E-state index contributed by atoms with van der Waals surface area (Å²) in [4.78, 5) is 22.1. The fourth-order valence-electron chi connectivity index (χ4n) is 5.04. The van der Waals surface area contributed by atoms with E-state index in [1.165, 1.54) is 21.2 Å². The largest absolute Gasteiger partial charge is 0.465 e. The van der Waals surface area contributed by atoms with Gasteiger partial charge in [-0.25, -0.2) is 0 Å². The van der Waals surface area contributed by atoms with Gasteiger partial charge in [-0.05, 0) is 90.8 Å². The molecule has 0 aliphatic carbocycles. The Bertz CT molecular complexity index is 1160. The number of para-hydroxylation sites is 2. The molecule has 0 aromatic heterocycles. The minimum atomic E-state index is -0.441. The highest BCUT2D eigenvalue weighted by molar-refractivity contribution is 7.99. The van der Waals surface area contributed by atoms with Crippen LogP contribution in [0.3, 0.4) is 0 Å². The average Bonchev–Trinajstić information content (AvgIpc) is 2.94. The molecule has 0 spiro atoms. The summed E-state index contributed by atoms with van der Waals surface area (Å²) in [6.45, 7) is 7.46. The number of ether oxygens (including phenoxy) is 1. The van der Waals surface area contributed by atoms with E-state index >= 15 is 0 Å². The van der Waals surface area contributed by atoms with E-state index in [1.54, 1.807) is 0 Å². The molecule has 2 heterocycles. The Hall–Kier alpha value is -2.22. The molecule has 8 heteroatoms. The molecular formula is C32H43Cl2N3O2S. The smallest absolute Gasteiger partial charge is 0.316 e. The standard InChI is InChI=1S/C17H20N2S.C15H21NO2.2ClH/c1-13(18(2)3)12-19-14-8-4-6-10-16(14)20-17-11-7-5-9-15(17)19;1-3-18-14(17)15(9-11-16(2)12-10-15)13-7-5-4-6-8-13;;/h4-11,13H,12H2,1-3H3;4-8H,3,9-12H2,1-2H3;2*1H. The number of nitrogens with zero attached hydrogens (tertiary/aromatic N) is 3. The summed E-state index contributed by atoms with van der Waals surface area (Å²) in [6.07, 6.45) is 1.68. The van der Waals surface area contributed by atoms with E-state index in [2.05, 4.69) is 91.3 Å². The highest BCUT2D eigenvalue weighted by Gasteiger charge is 2.43. The first-order chi connectivity index (χ1) is 18.4. The van der Waals surface area contributed by atoms with Crippen LogP contribution in [0.15, 0.2) is 88.7 Å². The molecule has 1 unspecified atom stereocenters. The second-order valence-electron chi connectivity index (χ2n) is 10.4. The first kappa shape index (κ1) is 34.0. The van der Waals surface area contributed by atoms with Crippen molar-refractivity contribution in [3.63, 3.8) is 0 Å². The number of rotatable bonds is 6. The lowest BCUT2D eigenvalue weighted by Gasteiger charge is -2.38. The summed E-state index contributed by atoms with van der Waals surface area (Å²) in [6, 6.07) is 27.9. The molecule has 0 amide bonds. The van der Waals surface area contributed by atoms with Gasteiger partial charge >= 0.3 is 5.97 Å². The van der Waals surface area contributed by atoms with Crippen LogP contribution in [0.2, 0.25) is 0 Å². The Kier molecular flexibility index (Phi) is 13.3. The second-order valence-corrected chi connectivity index (χ2v) is 11.5. The van der Waals surface area contributed by atoms with Crippen LogP contribution >= 0.6 is 36.6 Å². The molecule has 1 atom stereocenters. The van der Waals surface area contributed by atoms with Crippen molar-refractivity contribution >= 4 is 53.9 Å². The number of hydrogen-bond acceptors (Lipinski definition) is 6. The summed E-state index contributed by atoms with van der Waals surface area (Å²) in [5.41, 5.74) is 3.30. The topological polar surface area (TPSA) is 36.0 Å². The number of carbonyl (C=O) groups excluding carboxylic acids is 1. The van der Waals surface area contributed by atoms with Crippen LogP contribution < -0.4 is 4.90 Å². The maximum Gasteiger partial charge on any atom is 0.316 e. The summed E-state index contributed by atoms with van der Waals surface area (Å²) in [5.74, 6) is -0.0655. The number of esters is 1. The predicted octanol–water partition coefficient (Wildman–Crippen LogP) is 7.30. The Balaban J connectivity index is 0.000000268. The lowest BCUT2D eigenvalue weighted by Crippen LogP contribution is -2.47. The number of fused-ring (bicyclic) bond motifs is 2. The molecule has 5 rings (SSSR count). The molecule has 40 heavy (non-hydrogen) atoms. The minimum Gasteiger partial charge on any atom is -0.465 e. The number of halogens is 2.